The number of aromatic nitrogens is 2. The minimum Gasteiger partial charge on any atom is -0.376 e. The van der Waals surface area contributed by atoms with Gasteiger partial charge in [0, 0.05) is 18.8 Å². The third kappa shape index (κ3) is 5.97. The topological polar surface area (TPSA) is 105 Å². The van der Waals surface area contributed by atoms with Gasteiger partial charge in [0.15, 0.2) is 4.34 Å². The fourth-order valence-corrected chi connectivity index (χ4v) is 3.89. The molecular weight excluding hydrogens is 374 g/mol. The highest BCUT2D eigenvalue weighted by Crippen LogP contribution is 2.25. The Morgan fingerprint density at radius 1 is 1.23 bits per heavy atom. The molecule has 3 rings (SSSR count). The molecule has 10 heteroatoms. The molecule has 26 heavy (non-hydrogen) atoms. The van der Waals surface area contributed by atoms with E-state index in [0.29, 0.717) is 21.7 Å². The van der Waals surface area contributed by atoms with Gasteiger partial charge in [0.2, 0.25) is 11.0 Å². The average Bonchev–Trinajstić information content (AvgIpc) is 3.31. The number of hydrogen-bond donors (Lipinski definition) is 3. The van der Waals surface area contributed by atoms with Crippen molar-refractivity contribution in [1.29, 1.82) is 0 Å². The smallest absolute Gasteiger partial charge is 0.325 e. The lowest BCUT2D eigenvalue weighted by atomic mass is 10.2. The van der Waals surface area contributed by atoms with Crippen molar-refractivity contribution in [1.82, 2.24) is 15.5 Å². The number of benzene rings is 1. The minimum absolute atomic E-state index is 0.0722. The van der Waals surface area contributed by atoms with Crippen LogP contribution < -0.4 is 16.0 Å². The van der Waals surface area contributed by atoms with Gasteiger partial charge >= 0.3 is 6.03 Å². The Kier molecular flexibility index (Phi) is 6.81. The van der Waals surface area contributed by atoms with E-state index in [-0.39, 0.29) is 17.8 Å². The number of carbonyl (C=O) groups is 2. The predicted octanol–water partition coefficient (Wildman–Crippen LogP) is 2.57. The van der Waals surface area contributed by atoms with E-state index in [4.69, 9.17) is 4.74 Å². The number of carbonyl (C=O) groups excluding carboxylic acids is 2. The molecule has 1 aromatic heterocycles. The van der Waals surface area contributed by atoms with E-state index in [0.717, 1.165) is 19.4 Å². The number of rotatable bonds is 7. The molecule has 0 spiro atoms. The summed E-state index contributed by atoms with van der Waals surface area (Å²) in [6.07, 6.45) is 2.17. The van der Waals surface area contributed by atoms with Gasteiger partial charge in [-0.2, -0.15) is 0 Å². The number of ether oxygens (including phenoxy) is 1. The molecule has 0 saturated carbocycles. The second-order valence-corrected chi connectivity index (χ2v) is 7.75. The number of para-hydroxylation sites is 1. The maximum Gasteiger partial charge on any atom is 0.325 e. The molecule has 1 saturated heterocycles. The van der Waals surface area contributed by atoms with Crippen LogP contribution >= 0.6 is 23.1 Å². The van der Waals surface area contributed by atoms with Crippen LogP contribution in [0.15, 0.2) is 34.7 Å². The summed E-state index contributed by atoms with van der Waals surface area (Å²) < 4.78 is 6.08. The van der Waals surface area contributed by atoms with E-state index in [1.807, 2.05) is 18.2 Å². The first-order chi connectivity index (χ1) is 12.7. The van der Waals surface area contributed by atoms with Crippen LogP contribution in [0, 0.1) is 0 Å². The van der Waals surface area contributed by atoms with Gasteiger partial charge in [-0.05, 0) is 25.0 Å². The highest BCUT2D eigenvalue weighted by molar-refractivity contribution is 8.01. The Bertz CT molecular complexity index is 734. The third-order valence-electron chi connectivity index (χ3n) is 3.54. The van der Waals surface area contributed by atoms with Gasteiger partial charge in [-0.1, -0.05) is 41.3 Å². The molecule has 1 fully saturated rings. The lowest BCUT2D eigenvalue weighted by Crippen LogP contribution is -2.32. The molecule has 138 valence electrons. The Morgan fingerprint density at radius 2 is 2.08 bits per heavy atom. The second kappa shape index (κ2) is 9.51. The monoisotopic (exact) mass is 393 g/mol. The third-order valence-corrected chi connectivity index (χ3v) is 5.51. The van der Waals surface area contributed by atoms with Crippen LogP contribution in [0.3, 0.4) is 0 Å². The van der Waals surface area contributed by atoms with E-state index in [1.54, 1.807) is 12.1 Å². The largest absolute Gasteiger partial charge is 0.376 e. The van der Waals surface area contributed by atoms with Crippen LogP contribution in [0.2, 0.25) is 0 Å². The van der Waals surface area contributed by atoms with E-state index in [2.05, 4.69) is 26.1 Å². The van der Waals surface area contributed by atoms with Crippen molar-refractivity contribution < 1.29 is 14.3 Å². The summed E-state index contributed by atoms with van der Waals surface area (Å²) in [5.74, 6) is 0.175. The zero-order chi connectivity index (χ0) is 18.2. The zero-order valence-electron chi connectivity index (χ0n) is 13.9. The fourth-order valence-electron chi connectivity index (χ4n) is 2.31. The number of nitrogens with one attached hydrogen (secondary N) is 3. The van der Waals surface area contributed by atoms with Crippen molar-refractivity contribution in [2.24, 2.45) is 0 Å². The van der Waals surface area contributed by atoms with Gasteiger partial charge in [0.1, 0.15) is 0 Å². The molecule has 1 aromatic carbocycles. The standard InChI is InChI=1S/C16H19N5O3S2/c22-13(17-9-12-7-4-8-24-12)10-25-16-21-20-15(26-16)19-14(23)18-11-5-2-1-3-6-11/h1-3,5-6,12H,4,7-10H2,(H,17,22)(H2,18,19,20,23)/t12-/m0/s1. The van der Waals surface area contributed by atoms with Gasteiger partial charge in [-0.25, -0.2) is 4.79 Å². The van der Waals surface area contributed by atoms with E-state index < -0.39 is 6.03 Å². The molecule has 0 radical (unpaired) electrons. The highest BCUT2D eigenvalue weighted by atomic mass is 32.2. The first kappa shape index (κ1) is 18.6. The molecule has 1 atom stereocenters. The summed E-state index contributed by atoms with van der Waals surface area (Å²) in [5, 5.41) is 16.4. The maximum atomic E-state index is 11.9. The van der Waals surface area contributed by atoms with Crippen LogP contribution in [0.1, 0.15) is 12.8 Å². The van der Waals surface area contributed by atoms with Gasteiger partial charge < -0.3 is 15.4 Å². The van der Waals surface area contributed by atoms with Crippen molar-refractivity contribution in [2.75, 3.05) is 29.5 Å². The summed E-state index contributed by atoms with van der Waals surface area (Å²) in [6, 6.07) is 8.72. The molecule has 0 bridgehead atoms. The maximum absolute atomic E-state index is 11.9. The van der Waals surface area contributed by atoms with E-state index in [1.165, 1.54) is 23.1 Å². The van der Waals surface area contributed by atoms with E-state index in [9.17, 15) is 9.59 Å². The molecule has 8 nitrogen and oxygen atoms in total. The summed E-state index contributed by atoms with van der Waals surface area (Å²) in [6.45, 7) is 1.32. The first-order valence-corrected chi connectivity index (χ1v) is 9.97. The van der Waals surface area contributed by atoms with Crippen LogP contribution in [0.4, 0.5) is 15.6 Å². The van der Waals surface area contributed by atoms with Crippen molar-refractivity contribution in [2.45, 2.75) is 23.3 Å². The van der Waals surface area contributed by atoms with Gasteiger partial charge in [0.05, 0.1) is 11.9 Å². The number of amides is 3. The van der Waals surface area contributed by atoms with Crippen molar-refractivity contribution in [3.63, 3.8) is 0 Å². The fraction of sp³-hybridized carbons (Fsp3) is 0.375. The number of urea groups is 1. The minimum atomic E-state index is -0.391. The Morgan fingerprint density at radius 3 is 2.85 bits per heavy atom. The second-order valence-electron chi connectivity index (χ2n) is 5.55. The summed E-state index contributed by atoms with van der Waals surface area (Å²) in [5.41, 5.74) is 0.687. The Hall–Kier alpha value is -2.17. The molecular formula is C16H19N5O3S2. The molecule has 2 heterocycles. The normalized spacial score (nSPS) is 16.2. The van der Waals surface area contributed by atoms with Crippen LogP contribution in [-0.4, -0.2) is 47.1 Å². The molecule has 1 aliphatic heterocycles. The highest BCUT2D eigenvalue weighted by Gasteiger charge is 2.16. The van der Waals surface area contributed by atoms with Crippen molar-refractivity contribution in [3.8, 4) is 0 Å². The van der Waals surface area contributed by atoms with E-state index >= 15 is 0 Å². The number of nitrogens with zero attached hydrogens (tertiary/aromatic N) is 2. The summed E-state index contributed by atoms with van der Waals surface area (Å²) in [7, 11) is 0. The van der Waals surface area contributed by atoms with Gasteiger partial charge in [0.25, 0.3) is 0 Å². The summed E-state index contributed by atoms with van der Waals surface area (Å²) in [4.78, 5) is 23.8. The van der Waals surface area contributed by atoms with Crippen molar-refractivity contribution >= 4 is 45.9 Å². The van der Waals surface area contributed by atoms with Crippen LogP contribution in [0.5, 0.6) is 0 Å². The lowest BCUT2D eigenvalue weighted by Gasteiger charge is -2.09. The SMILES string of the molecule is O=C(CSc1nnc(NC(=O)Nc2ccccc2)s1)NC[C@@H]1CCCO1. The van der Waals surface area contributed by atoms with Crippen LogP contribution in [0.25, 0.3) is 0 Å². The molecule has 0 unspecified atom stereocenters. The Balaban J connectivity index is 1.38. The van der Waals surface area contributed by atoms with Gasteiger partial charge in [-0.3, -0.25) is 10.1 Å². The van der Waals surface area contributed by atoms with Gasteiger partial charge in [-0.15, -0.1) is 10.2 Å². The predicted molar refractivity (Wildman–Crippen MR) is 102 cm³/mol. The molecule has 0 aliphatic carbocycles. The van der Waals surface area contributed by atoms with Crippen molar-refractivity contribution in [3.05, 3.63) is 30.3 Å². The first-order valence-electron chi connectivity index (χ1n) is 8.17. The number of hydrogen-bond acceptors (Lipinski definition) is 7. The number of anilines is 2. The quantitative estimate of drug-likeness (QED) is 0.493. The number of thioether (sulfide) groups is 1. The lowest BCUT2D eigenvalue weighted by molar-refractivity contribution is -0.119. The molecule has 2 aromatic rings. The Labute approximate surface area is 159 Å². The molecule has 3 N–H and O–H groups in total. The van der Waals surface area contributed by atoms with Crippen LogP contribution in [-0.2, 0) is 9.53 Å². The average molecular weight is 393 g/mol. The molecule has 3 amide bonds. The summed E-state index contributed by atoms with van der Waals surface area (Å²) >= 11 is 2.50. The zero-order valence-corrected chi connectivity index (χ0v) is 15.6. The molecule has 1 aliphatic rings.